The van der Waals surface area contributed by atoms with Gasteiger partial charge in [0.25, 0.3) is 0 Å². The first-order valence-electron chi connectivity index (χ1n) is 3.78. The summed E-state index contributed by atoms with van der Waals surface area (Å²) in [4.78, 5) is 21.6. The molecule has 0 aliphatic heterocycles. The first-order chi connectivity index (χ1) is 12.4. The van der Waals surface area contributed by atoms with E-state index < -0.39 is 111 Å². The summed E-state index contributed by atoms with van der Waals surface area (Å²) in [5, 5.41) is 0. The van der Waals surface area contributed by atoms with Crippen LogP contribution in [0.3, 0.4) is 0 Å². The van der Waals surface area contributed by atoms with Gasteiger partial charge in [-0.25, -0.2) is 4.57 Å². The number of rotatable bonds is 0. The number of hydrogen-bond acceptors (Lipinski definition) is 19. The second kappa shape index (κ2) is 216. The average molecular weight is 1860 g/mol. The Morgan fingerprint density at radius 3 is 0.208 bits per heavy atom. The summed E-state index contributed by atoms with van der Waals surface area (Å²) >= 11 is -24.6. The average Bonchev–Trinajstić information content (AvgIpc) is 2.18. The Morgan fingerprint density at radius 2 is 0.208 bits per heavy atom. The van der Waals surface area contributed by atoms with Gasteiger partial charge in [0, 0.05) is 126 Å². The predicted molar refractivity (Wildman–Crippen MR) is 91.7 cm³/mol. The molecule has 53 heteroatoms. The van der Waals surface area contributed by atoms with Crippen molar-refractivity contribution in [2.75, 3.05) is 0 Å². The molecule has 0 aliphatic carbocycles. The van der Waals surface area contributed by atoms with Crippen molar-refractivity contribution >= 4 is 7.82 Å². The molecule has 0 bridgehead atoms. The van der Waals surface area contributed by atoms with E-state index in [9.17, 15) is 0 Å². The van der Waals surface area contributed by atoms with Crippen LogP contribution < -0.4 is 0 Å². The molecule has 0 unspecified atom stereocenters. The van der Waals surface area contributed by atoms with Gasteiger partial charge in [-0.2, -0.15) is 0 Å². The Hall–Kier alpha value is 4.05. The molecule has 0 radical (unpaired) electrons. The van der Waals surface area contributed by atoms with Crippen molar-refractivity contribution in [3.05, 3.63) is 0 Å². The molecule has 0 saturated carbocycles. The van der Waals surface area contributed by atoms with Gasteiger partial charge in [0.2, 0.25) is 0 Å². The Balaban J connectivity index is -0.00000000342. The third-order valence-electron chi connectivity index (χ3n) is 0. The topological polar surface area (TPSA) is 952 Å². The van der Waals surface area contributed by atoms with Crippen molar-refractivity contribution in [1.29, 1.82) is 0 Å². The second-order valence-corrected chi connectivity index (χ2v) is 8.79. The molecule has 0 atom stereocenters. The Labute approximate surface area is 410 Å². The molecule has 0 aromatic heterocycles. The van der Waals surface area contributed by atoms with E-state index >= 15 is 0 Å². The third kappa shape index (κ3) is 9980. The maximum absolute atomic E-state index is 8.88. The Bertz CT molecular complexity index is 837. The fourth-order valence-electron chi connectivity index (χ4n) is 0. The number of hydrogen-bond donors (Lipinski definition) is 3. The fourth-order valence-corrected chi connectivity index (χ4v) is 0. The molecular weight excluding hydrogens is 1820 g/mol. The Kier molecular flexibility index (Phi) is 1080. The van der Waals surface area contributed by atoms with E-state index in [0.29, 0.717) is 0 Å². The van der Waals surface area contributed by atoms with Crippen LogP contribution in [0, 0.1) is 0 Å². The zero-order valence-corrected chi connectivity index (χ0v) is 48.4. The SMILES string of the molecule is O.O.O.O.O.O.O.O.O.O.O.O.O.O.O.O.O.O.O=P(O)(O)O.[Mo].[Mo].[Mo].[Mo].[Mo].[Mo].[O]=[Mo](=[O])=[O].[O]=[Mo](=[O])=[O].[O]=[Mo](=[O])=[O].[O]=[Mo](=[O])=[O].[O]=[Mo](=[O])=[O].[O]=[Mo](=[O])=[O]. The summed E-state index contributed by atoms with van der Waals surface area (Å²) in [6, 6.07) is 0. The molecule has 53 heavy (non-hydrogen) atoms. The molecule has 0 aliphatic rings. The minimum absolute atomic E-state index is 0. The number of phosphoric acid groups is 1. The standard InChI is InChI=1S/12Mo.H3O4P.18H2O.18O/c;;;;;;;;;;;;1-5(2,3)4;;;;;;;;;;;;;;;;;;;;;;;;;;;;;;;;;;;;/h;;;;;;;;;;;;(H3,1,2,3,4);18*1H2;;;;;;;;;;;;;;;;;;. The van der Waals surface area contributed by atoms with Crippen LogP contribution in [-0.2, 0) is 295 Å². The molecule has 0 saturated heterocycles. The van der Waals surface area contributed by atoms with E-state index in [-0.39, 0.29) is 225 Å². The van der Waals surface area contributed by atoms with Crippen LogP contribution >= 0.6 is 7.82 Å². The summed E-state index contributed by atoms with van der Waals surface area (Å²) in [7, 11) is -4.64. The molecule has 0 aromatic rings. The summed E-state index contributed by atoms with van der Waals surface area (Å²) in [5.41, 5.74) is 0. The minimum atomic E-state index is -4.64. The van der Waals surface area contributed by atoms with Crippen LogP contribution in [-0.4, -0.2) is 113 Å². The zero-order chi connectivity index (χ0) is 26.0. The van der Waals surface area contributed by atoms with Crippen molar-refractivity contribution < 1.29 is 409 Å². The van der Waals surface area contributed by atoms with Crippen LogP contribution in [0.25, 0.3) is 0 Å². The maximum atomic E-state index is 8.88. The van der Waals surface area contributed by atoms with Crippen molar-refractivity contribution in [3.8, 4) is 0 Å². The van der Waals surface area contributed by atoms with Crippen molar-refractivity contribution in [2.45, 2.75) is 0 Å². The van der Waals surface area contributed by atoms with Gasteiger partial charge in [-0.3, -0.25) is 0 Å². The van der Waals surface area contributed by atoms with E-state index in [4.69, 9.17) is 80.4 Å². The van der Waals surface area contributed by atoms with Crippen molar-refractivity contribution in [3.63, 3.8) is 0 Å². The molecule has 40 nitrogen and oxygen atoms in total. The van der Waals surface area contributed by atoms with Gasteiger partial charge in [-0.15, -0.1) is 0 Å². The van der Waals surface area contributed by atoms with Crippen LogP contribution in [0.5, 0.6) is 0 Å². The van der Waals surface area contributed by atoms with Gasteiger partial charge in [0.05, 0.1) is 0 Å². The van der Waals surface area contributed by atoms with Crippen LogP contribution in [0.1, 0.15) is 0 Å². The molecule has 0 spiro atoms. The van der Waals surface area contributed by atoms with Gasteiger partial charge < -0.3 is 113 Å². The predicted octanol–water partition coefficient (Wildman–Crippen LogP) is -17.9. The van der Waals surface area contributed by atoms with E-state index in [1.165, 1.54) is 0 Å². The van der Waals surface area contributed by atoms with E-state index in [0.717, 1.165) is 0 Å². The first-order valence-corrected chi connectivity index (χ1v) is 20.1. The van der Waals surface area contributed by atoms with Crippen LogP contribution in [0.4, 0.5) is 0 Å². The van der Waals surface area contributed by atoms with E-state index in [2.05, 4.69) is 0 Å². The fraction of sp³-hybridized carbons (Fsp3) is 0. The van der Waals surface area contributed by atoms with E-state index in [1.807, 2.05) is 0 Å². The summed E-state index contributed by atoms with van der Waals surface area (Å²) in [5.74, 6) is 0. The third-order valence-corrected chi connectivity index (χ3v) is 0. The van der Waals surface area contributed by atoms with E-state index in [1.54, 1.807) is 0 Å². The molecule has 0 aromatic carbocycles. The summed E-state index contributed by atoms with van der Waals surface area (Å²) in [6.07, 6.45) is 0. The molecule has 356 valence electrons. The zero-order valence-electron chi connectivity index (χ0n) is 23.4. The van der Waals surface area contributed by atoms with Crippen molar-refractivity contribution in [1.82, 2.24) is 0 Å². The van der Waals surface area contributed by atoms with Gasteiger partial charge in [-0.05, 0) is 0 Å². The van der Waals surface area contributed by atoms with Crippen molar-refractivity contribution in [2.24, 2.45) is 0 Å². The normalized spacial score (nSPS) is 3.83. The molecule has 0 fully saturated rings. The molecule has 39 N–H and O–H groups in total. The van der Waals surface area contributed by atoms with Crippen LogP contribution in [0.15, 0.2) is 0 Å². The summed E-state index contributed by atoms with van der Waals surface area (Å²) in [6.45, 7) is 0. The monoisotopic (exact) mass is 1880 g/mol. The molecule has 0 rings (SSSR count). The van der Waals surface area contributed by atoms with Crippen LogP contribution in [0.2, 0.25) is 0 Å². The quantitative estimate of drug-likeness (QED) is 0.150. The Morgan fingerprint density at radius 1 is 0.208 bits per heavy atom. The second-order valence-electron chi connectivity index (χ2n) is 1.74. The molecule has 0 heterocycles. The van der Waals surface area contributed by atoms with Gasteiger partial charge in [0.1, 0.15) is 0 Å². The molecule has 0 amide bonds. The molecular formula is H39Mo12O40P. The summed E-state index contributed by atoms with van der Waals surface area (Å²) < 4.78 is 163. The van der Waals surface area contributed by atoms with Gasteiger partial charge >= 0.3 is 172 Å². The first kappa shape index (κ1) is 264. The van der Waals surface area contributed by atoms with Gasteiger partial charge in [-0.1, -0.05) is 0 Å². The van der Waals surface area contributed by atoms with Gasteiger partial charge in [0.15, 0.2) is 0 Å².